The summed E-state index contributed by atoms with van der Waals surface area (Å²) in [6.45, 7) is 2.85. The zero-order valence-electron chi connectivity index (χ0n) is 6.00. The number of quaternary nitrogens is 1. The van der Waals surface area contributed by atoms with Crippen LogP contribution in [0.4, 0.5) is 0 Å². The number of piperidine rings is 1. The molecule has 0 aromatic rings. The van der Waals surface area contributed by atoms with Crippen LogP contribution in [0.25, 0.3) is 0 Å². The van der Waals surface area contributed by atoms with E-state index in [1.807, 2.05) is 6.92 Å². The maximum Gasteiger partial charge on any atom is 0.131 e. The summed E-state index contributed by atoms with van der Waals surface area (Å²) in [5.41, 5.74) is 0. The third-order valence-corrected chi connectivity index (χ3v) is 1.93. The van der Waals surface area contributed by atoms with Crippen LogP contribution in [-0.4, -0.2) is 35.0 Å². The minimum atomic E-state index is -0.529. The molecule has 1 aliphatic rings. The molecule has 1 aliphatic heterocycles. The fourth-order valence-corrected chi connectivity index (χ4v) is 1.19. The maximum atomic E-state index is 9.16. The maximum absolute atomic E-state index is 9.16. The molecule has 1 fully saturated rings. The van der Waals surface area contributed by atoms with Gasteiger partial charge in [-0.3, -0.25) is 0 Å². The standard InChI is InChI=1S/C6H13NO2.ClH/c1-4-6(9)5(8)2-3-7-4;/h4-9H,2-3H2,1H3;1H/t4?,5-,6-;/m1./s1. The molecule has 1 unspecified atom stereocenters. The molecule has 0 aliphatic carbocycles. The quantitative estimate of drug-likeness (QED) is 0.339. The van der Waals surface area contributed by atoms with Crippen molar-refractivity contribution in [1.29, 1.82) is 0 Å². The van der Waals surface area contributed by atoms with E-state index in [0.717, 1.165) is 6.54 Å². The summed E-state index contributed by atoms with van der Waals surface area (Å²) in [6.07, 6.45) is -0.311. The minimum Gasteiger partial charge on any atom is -1.00 e. The Balaban J connectivity index is 0.000000810. The Morgan fingerprint density at radius 1 is 1.40 bits per heavy atom. The third-order valence-electron chi connectivity index (χ3n) is 1.93. The molecule has 4 heteroatoms. The zero-order valence-corrected chi connectivity index (χ0v) is 6.75. The van der Waals surface area contributed by atoms with Crippen molar-refractivity contribution >= 4 is 0 Å². The van der Waals surface area contributed by atoms with E-state index in [1.54, 1.807) is 0 Å². The van der Waals surface area contributed by atoms with Gasteiger partial charge in [0.05, 0.1) is 12.6 Å². The fourth-order valence-electron chi connectivity index (χ4n) is 1.19. The lowest BCUT2D eigenvalue weighted by Crippen LogP contribution is -3.00. The van der Waals surface area contributed by atoms with Crippen LogP contribution in [0.2, 0.25) is 0 Å². The van der Waals surface area contributed by atoms with Crippen LogP contribution >= 0.6 is 0 Å². The van der Waals surface area contributed by atoms with Crippen LogP contribution in [0.5, 0.6) is 0 Å². The molecule has 0 saturated carbocycles. The summed E-state index contributed by atoms with van der Waals surface area (Å²) in [4.78, 5) is 0. The van der Waals surface area contributed by atoms with Gasteiger partial charge in [0, 0.05) is 6.42 Å². The molecule has 0 radical (unpaired) electrons. The van der Waals surface area contributed by atoms with Crippen LogP contribution in [0.15, 0.2) is 0 Å². The molecular weight excluding hydrogens is 154 g/mol. The van der Waals surface area contributed by atoms with Crippen LogP contribution in [0, 0.1) is 0 Å². The average Bonchev–Trinajstić information content (AvgIpc) is 1.83. The Morgan fingerprint density at radius 3 is 2.40 bits per heavy atom. The highest BCUT2D eigenvalue weighted by Gasteiger charge is 2.29. The molecule has 3 atom stereocenters. The van der Waals surface area contributed by atoms with Crippen LogP contribution in [-0.2, 0) is 0 Å². The van der Waals surface area contributed by atoms with Gasteiger partial charge >= 0.3 is 0 Å². The molecule has 62 valence electrons. The zero-order chi connectivity index (χ0) is 6.85. The van der Waals surface area contributed by atoms with Gasteiger partial charge in [-0.15, -0.1) is 0 Å². The van der Waals surface area contributed by atoms with E-state index in [0.29, 0.717) is 6.42 Å². The molecule has 1 saturated heterocycles. The first-order valence-corrected chi connectivity index (χ1v) is 3.41. The monoisotopic (exact) mass is 167 g/mol. The molecule has 0 spiro atoms. The lowest BCUT2D eigenvalue weighted by Gasteiger charge is -2.26. The van der Waals surface area contributed by atoms with Gasteiger partial charge in [0.15, 0.2) is 0 Å². The molecule has 1 rings (SSSR count). The summed E-state index contributed by atoms with van der Waals surface area (Å²) in [5, 5.41) is 20.3. The van der Waals surface area contributed by atoms with Gasteiger partial charge in [-0.2, -0.15) is 0 Å². The van der Waals surface area contributed by atoms with Crippen molar-refractivity contribution < 1.29 is 27.9 Å². The number of aliphatic hydroxyl groups excluding tert-OH is 2. The third kappa shape index (κ3) is 2.09. The van der Waals surface area contributed by atoms with E-state index in [1.165, 1.54) is 0 Å². The first kappa shape index (κ1) is 10.2. The Labute approximate surface area is 66.8 Å². The molecule has 1 heterocycles. The molecule has 0 amide bonds. The van der Waals surface area contributed by atoms with Gasteiger partial charge in [0.1, 0.15) is 12.1 Å². The Morgan fingerprint density at radius 2 is 2.00 bits per heavy atom. The van der Waals surface area contributed by atoms with Gasteiger partial charge in [-0.05, 0) is 6.92 Å². The van der Waals surface area contributed by atoms with Crippen molar-refractivity contribution in [3.05, 3.63) is 0 Å². The number of rotatable bonds is 0. The highest BCUT2D eigenvalue weighted by atomic mass is 35.5. The number of nitrogens with two attached hydrogens (primary N) is 1. The smallest absolute Gasteiger partial charge is 0.131 e. The van der Waals surface area contributed by atoms with Crippen LogP contribution < -0.4 is 17.7 Å². The van der Waals surface area contributed by atoms with Gasteiger partial charge in [-0.25, -0.2) is 0 Å². The summed E-state index contributed by atoms with van der Waals surface area (Å²) < 4.78 is 0. The first-order valence-electron chi connectivity index (χ1n) is 3.41. The lowest BCUT2D eigenvalue weighted by atomic mass is 10.0. The highest BCUT2D eigenvalue weighted by Crippen LogP contribution is 2.03. The van der Waals surface area contributed by atoms with Crippen LogP contribution in [0.3, 0.4) is 0 Å². The highest BCUT2D eigenvalue weighted by molar-refractivity contribution is 4.73. The molecule has 4 N–H and O–H groups in total. The molecule has 3 nitrogen and oxygen atoms in total. The Hall–Kier alpha value is 0.170. The molecule has 10 heavy (non-hydrogen) atoms. The Kier molecular flexibility index (Phi) is 4.20. The number of hydrogen-bond donors (Lipinski definition) is 3. The molecule has 0 aromatic heterocycles. The van der Waals surface area contributed by atoms with E-state index in [9.17, 15) is 0 Å². The van der Waals surface area contributed by atoms with Gasteiger partial charge in [0.25, 0.3) is 0 Å². The SMILES string of the molecule is CC1[NH2+]CC[C@@H](O)[C@@H]1O.[Cl-]. The second-order valence-corrected chi connectivity index (χ2v) is 2.73. The topological polar surface area (TPSA) is 57.1 Å². The second kappa shape index (κ2) is 4.13. The number of halogens is 1. The summed E-state index contributed by atoms with van der Waals surface area (Å²) in [5.74, 6) is 0. The summed E-state index contributed by atoms with van der Waals surface area (Å²) in [6, 6.07) is 0.161. The summed E-state index contributed by atoms with van der Waals surface area (Å²) >= 11 is 0. The van der Waals surface area contributed by atoms with Crippen molar-refractivity contribution in [2.24, 2.45) is 0 Å². The molecule has 0 bridgehead atoms. The van der Waals surface area contributed by atoms with E-state index in [-0.39, 0.29) is 18.4 Å². The lowest BCUT2D eigenvalue weighted by molar-refractivity contribution is -0.705. The first-order chi connectivity index (χ1) is 4.22. The van der Waals surface area contributed by atoms with Crippen molar-refractivity contribution in [2.75, 3.05) is 6.54 Å². The van der Waals surface area contributed by atoms with E-state index in [2.05, 4.69) is 5.32 Å². The summed E-state index contributed by atoms with van der Waals surface area (Å²) in [7, 11) is 0. The van der Waals surface area contributed by atoms with Crippen molar-refractivity contribution in [1.82, 2.24) is 0 Å². The van der Waals surface area contributed by atoms with Crippen LogP contribution in [0.1, 0.15) is 13.3 Å². The van der Waals surface area contributed by atoms with E-state index in [4.69, 9.17) is 10.2 Å². The predicted molar refractivity (Wildman–Crippen MR) is 32.9 cm³/mol. The molecular formula is C6H14ClNO2. The van der Waals surface area contributed by atoms with Crippen molar-refractivity contribution in [2.45, 2.75) is 31.6 Å². The molecule has 0 aromatic carbocycles. The van der Waals surface area contributed by atoms with E-state index < -0.39 is 12.2 Å². The Bertz CT molecular complexity index is 91.7. The predicted octanol–water partition coefficient (Wildman–Crippen LogP) is -4.93. The number of aliphatic hydroxyl groups is 2. The van der Waals surface area contributed by atoms with Crippen molar-refractivity contribution in [3.63, 3.8) is 0 Å². The van der Waals surface area contributed by atoms with Gasteiger partial charge in [0.2, 0.25) is 0 Å². The van der Waals surface area contributed by atoms with Gasteiger partial charge in [-0.1, -0.05) is 0 Å². The van der Waals surface area contributed by atoms with Crippen molar-refractivity contribution in [3.8, 4) is 0 Å². The van der Waals surface area contributed by atoms with E-state index >= 15 is 0 Å². The minimum absolute atomic E-state index is 0. The number of hydrogen-bond acceptors (Lipinski definition) is 2. The fraction of sp³-hybridized carbons (Fsp3) is 1.00. The largest absolute Gasteiger partial charge is 1.00 e. The average molecular weight is 168 g/mol. The second-order valence-electron chi connectivity index (χ2n) is 2.73. The normalized spacial score (nSPS) is 40.5. The van der Waals surface area contributed by atoms with Gasteiger partial charge < -0.3 is 27.9 Å².